The molecule has 2 aromatic rings. The van der Waals surface area contributed by atoms with E-state index in [0.29, 0.717) is 18.0 Å². The molecule has 0 saturated heterocycles. The summed E-state index contributed by atoms with van der Waals surface area (Å²) in [6.45, 7) is 4.43. The Bertz CT molecular complexity index is 716. The van der Waals surface area contributed by atoms with Gasteiger partial charge in [-0.15, -0.1) is 0 Å². The fourth-order valence-electron chi connectivity index (χ4n) is 4.48. The maximum absolute atomic E-state index is 6.08. The summed E-state index contributed by atoms with van der Waals surface area (Å²) in [5.41, 5.74) is 9.42. The van der Waals surface area contributed by atoms with Gasteiger partial charge in [-0.05, 0) is 44.9 Å². The van der Waals surface area contributed by atoms with Crippen molar-refractivity contribution >= 4 is 11.5 Å². The Morgan fingerprint density at radius 2 is 2.04 bits per heavy atom. The second-order valence-electron chi connectivity index (χ2n) is 7.88. The van der Waals surface area contributed by atoms with E-state index in [1.807, 2.05) is 10.7 Å². The van der Waals surface area contributed by atoms with Crippen molar-refractivity contribution in [3.63, 3.8) is 0 Å². The van der Waals surface area contributed by atoms with Gasteiger partial charge in [0.25, 0.3) is 0 Å². The van der Waals surface area contributed by atoms with Crippen LogP contribution in [0.1, 0.15) is 69.0 Å². The minimum absolute atomic E-state index is 0.330. The summed E-state index contributed by atoms with van der Waals surface area (Å²) in [5, 5.41) is 8.23. The molecule has 2 aromatic heterocycles. The first-order chi connectivity index (χ1) is 11.6. The van der Waals surface area contributed by atoms with Gasteiger partial charge in [-0.2, -0.15) is 9.61 Å². The van der Waals surface area contributed by atoms with Crippen LogP contribution >= 0.6 is 0 Å². The predicted molar refractivity (Wildman–Crippen MR) is 97.3 cm³/mol. The lowest BCUT2D eigenvalue weighted by atomic mass is 9.89. The van der Waals surface area contributed by atoms with E-state index in [0.717, 1.165) is 42.2 Å². The van der Waals surface area contributed by atoms with E-state index >= 15 is 0 Å². The predicted octanol–water partition coefficient (Wildman–Crippen LogP) is 3.62. The molecule has 130 valence electrons. The lowest BCUT2D eigenvalue weighted by molar-refractivity contribution is 0.453. The third kappa shape index (κ3) is 2.90. The van der Waals surface area contributed by atoms with Crippen molar-refractivity contribution in [1.82, 2.24) is 14.6 Å². The van der Waals surface area contributed by atoms with Crippen LogP contribution in [-0.2, 0) is 0 Å². The van der Waals surface area contributed by atoms with Crippen LogP contribution in [-0.4, -0.2) is 26.7 Å². The van der Waals surface area contributed by atoms with E-state index in [9.17, 15) is 0 Å². The number of nitrogens with zero attached hydrogens (tertiary/aromatic N) is 3. The summed E-state index contributed by atoms with van der Waals surface area (Å²) in [6, 6.07) is 3.01. The van der Waals surface area contributed by atoms with Gasteiger partial charge in [0.05, 0.1) is 6.20 Å². The van der Waals surface area contributed by atoms with Gasteiger partial charge >= 0.3 is 0 Å². The number of nitrogens with one attached hydrogen (secondary N) is 1. The summed E-state index contributed by atoms with van der Waals surface area (Å²) in [4.78, 5) is 4.97. The third-order valence-corrected chi connectivity index (χ3v) is 6.07. The van der Waals surface area contributed by atoms with Crippen molar-refractivity contribution in [1.29, 1.82) is 0 Å². The molecule has 4 rings (SSSR count). The van der Waals surface area contributed by atoms with Gasteiger partial charge in [-0.25, -0.2) is 4.98 Å². The van der Waals surface area contributed by atoms with Gasteiger partial charge < -0.3 is 11.1 Å². The number of hydrogen-bond acceptors (Lipinski definition) is 4. The molecule has 5 heteroatoms. The van der Waals surface area contributed by atoms with E-state index in [4.69, 9.17) is 10.7 Å². The average molecular weight is 327 g/mol. The molecule has 2 aliphatic rings. The highest BCUT2D eigenvalue weighted by Gasteiger charge is 2.26. The lowest BCUT2D eigenvalue weighted by Crippen LogP contribution is -2.22. The van der Waals surface area contributed by atoms with E-state index in [-0.39, 0.29) is 0 Å². The number of aryl methyl sites for hydroxylation is 1. The molecular formula is C19H29N5. The summed E-state index contributed by atoms with van der Waals surface area (Å²) in [7, 11) is 0. The van der Waals surface area contributed by atoms with Crippen LogP contribution in [0.15, 0.2) is 12.3 Å². The van der Waals surface area contributed by atoms with Crippen LogP contribution in [0.4, 0.5) is 5.82 Å². The molecule has 2 fully saturated rings. The Hall–Kier alpha value is -1.62. The van der Waals surface area contributed by atoms with E-state index in [2.05, 4.69) is 30.3 Å². The highest BCUT2D eigenvalue weighted by Crippen LogP contribution is 2.37. The van der Waals surface area contributed by atoms with Gasteiger partial charge in [0.2, 0.25) is 0 Å². The molecule has 0 amide bonds. The molecule has 0 radical (unpaired) electrons. The molecule has 3 N–H and O–H groups in total. The number of fused-ring (bicyclic) bond motifs is 1. The number of nitrogens with two attached hydrogens (primary N) is 1. The lowest BCUT2D eigenvalue weighted by Gasteiger charge is -2.21. The standard InChI is InChI=1S/C19H29N5/c1-12-11-21-24-18(22-16-8-7-15(20)9-16)10-17(23-19(12)24)13(2)14-5-3-4-6-14/h10-11,13-16,22H,3-9,20H2,1-2H3/t13-,15-,16-/m0/s1. The summed E-state index contributed by atoms with van der Waals surface area (Å²) < 4.78 is 1.96. The smallest absolute Gasteiger partial charge is 0.160 e. The summed E-state index contributed by atoms with van der Waals surface area (Å²) in [5.74, 6) is 2.36. The maximum Gasteiger partial charge on any atom is 0.160 e. The van der Waals surface area contributed by atoms with E-state index in [1.54, 1.807) is 0 Å². The van der Waals surface area contributed by atoms with E-state index < -0.39 is 0 Å². The second-order valence-corrected chi connectivity index (χ2v) is 7.88. The monoisotopic (exact) mass is 327 g/mol. The fourth-order valence-corrected chi connectivity index (χ4v) is 4.48. The van der Waals surface area contributed by atoms with Crippen molar-refractivity contribution in [2.75, 3.05) is 5.32 Å². The normalized spacial score (nSPS) is 26.3. The van der Waals surface area contributed by atoms with Crippen molar-refractivity contribution in [3.05, 3.63) is 23.5 Å². The summed E-state index contributed by atoms with van der Waals surface area (Å²) in [6.07, 6.45) is 10.6. The quantitative estimate of drug-likeness (QED) is 0.900. The minimum Gasteiger partial charge on any atom is -0.367 e. The molecule has 0 aromatic carbocycles. The number of aromatic nitrogens is 3. The number of rotatable bonds is 4. The molecule has 2 aliphatic carbocycles. The van der Waals surface area contributed by atoms with Gasteiger partial charge in [0.1, 0.15) is 5.82 Å². The summed E-state index contributed by atoms with van der Waals surface area (Å²) >= 11 is 0. The highest BCUT2D eigenvalue weighted by atomic mass is 15.3. The fraction of sp³-hybridized carbons (Fsp3) is 0.684. The van der Waals surface area contributed by atoms with Crippen molar-refractivity contribution in [2.45, 2.75) is 76.8 Å². The molecule has 0 bridgehead atoms. The average Bonchev–Trinajstić information content (AvgIpc) is 3.29. The van der Waals surface area contributed by atoms with Crippen LogP contribution < -0.4 is 11.1 Å². The van der Waals surface area contributed by atoms with Crippen molar-refractivity contribution < 1.29 is 0 Å². The Morgan fingerprint density at radius 1 is 1.25 bits per heavy atom. The zero-order valence-corrected chi connectivity index (χ0v) is 14.8. The number of hydrogen-bond donors (Lipinski definition) is 2. The van der Waals surface area contributed by atoms with Gasteiger partial charge in [0.15, 0.2) is 5.65 Å². The van der Waals surface area contributed by atoms with Crippen molar-refractivity contribution in [3.8, 4) is 0 Å². The van der Waals surface area contributed by atoms with Crippen LogP contribution in [0.2, 0.25) is 0 Å². The molecule has 0 unspecified atom stereocenters. The number of anilines is 1. The second kappa shape index (κ2) is 6.36. The molecule has 5 nitrogen and oxygen atoms in total. The molecule has 0 spiro atoms. The van der Waals surface area contributed by atoms with Crippen LogP contribution in [0.25, 0.3) is 5.65 Å². The van der Waals surface area contributed by atoms with Crippen molar-refractivity contribution in [2.24, 2.45) is 11.7 Å². The van der Waals surface area contributed by atoms with Gasteiger partial charge in [0, 0.05) is 35.3 Å². The maximum atomic E-state index is 6.08. The van der Waals surface area contributed by atoms with Gasteiger partial charge in [-0.1, -0.05) is 19.8 Å². The van der Waals surface area contributed by atoms with Crippen LogP contribution in [0, 0.1) is 12.8 Å². The first-order valence-corrected chi connectivity index (χ1v) is 9.49. The Balaban J connectivity index is 1.68. The largest absolute Gasteiger partial charge is 0.367 e. The Labute approximate surface area is 144 Å². The molecule has 3 atom stereocenters. The van der Waals surface area contributed by atoms with E-state index in [1.165, 1.54) is 31.4 Å². The highest BCUT2D eigenvalue weighted by molar-refractivity contribution is 5.54. The van der Waals surface area contributed by atoms with Crippen LogP contribution in [0.5, 0.6) is 0 Å². The Morgan fingerprint density at radius 3 is 2.75 bits per heavy atom. The topological polar surface area (TPSA) is 68.2 Å². The molecule has 24 heavy (non-hydrogen) atoms. The molecule has 2 saturated carbocycles. The third-order valence-electron chi connectivity index (χ3n) is 6.07. The molecule has 2 heterocycles. The zero-order chi connectivity index (χ0) is 16.7. The SMILES string of the molecule is Cc1cnn2c(N[C@H]3CC[C@H](N)C3)cc([C@@H](C)C3CCCC3)nc12. The van der Waals surface area contributed by atoms with Crippen LogP contribution in [0.3, 0.4) is 0 Å². The Kier molecular flexibility index (Phi) is 4.21. The minimum atomic E-state index is 0.330. The van der Waals surface area contributed by atoms with Gasteiger partial charge in [-0.3, -0.25) is 0 Å². The first kappa shape index (κ1) is 15.9. The molecular weight excluding hydrogens is 298 g/mol. The first-order valence-electron chi connectivity index (χ1n) is 9.49. The molecule has 0 aliphatic heterocycles. The zero-order valence-electron chi connectivity index (χ0n) is 14.8.